The molecule has 1 aromatic carbocycles. The van der Waals surface area contributed by atoms with Crippen LogP contribution in [0.2, 0.25) is 0 Å². The van der Waals surface area contributed by atoms with Gasteiger partial charge in [-0.15, -0.1) is 0 Å². The van der Waals surface area contributed by atoms with Crippen molar-refractivity contribution in [2.75, 3.05) is 35.4 Å². The molecule has 0 unspecified atom stereocenters. The number of nitrogens with zero attached hydrogens (tertiary/aromatic N) is 1. The second-order valence-electron chi connectivity index (χ2n) is 10.9. The summed E-state index contributed by atoms with van der Waals surface area (Å²) in [4.78, 5) is 13.1. The highest BCUT2D eigenvalue weighted by Crippen LogP contribution is 2.61. The Bertz CT molecular complexity index is 1080. The highest BCUT2D eigenvalue weighted by atomic mass is 32.2. The third-order valence-corrected chi connectivity index (χ3v) is 8.68. The van der Waals surface area contributed by atoms with Crippen molar-refractivity contribution in [1.82, 2.24) is 4.48 Å². The van der Waals surface area contributed by atoms with Crippen molar-refractivity contribution in [3.8, 4) is 5.75 Å². The number of Topliss-reactive ketones (excluding diaryl/α,β-unsaturated/α-hetero) is 1. The maximum atomic E-state index is 13.1. The van der Waals surface area contributed by atoms with E-state index >= 15 is 0 Å². The van der Waals surface area contributed by atoms with Gasteiger partial charge in [-0.1, -0.05) is 6.92 Å². The Morgan fingerprint density at radius 2 is 1.71 bits per heavy atom. The standard InChI is InChI=1S/C23H34NO3.CHF3O3S/c1-23-10-9-14-15-11-19(24(2,3)4)21(26-5)13-17(15)20(25)12-16(14)18(23)7-8-22(23)27-6;2-1(3,4)8(5,6)7/h11,13-14,16,18,22H,7-10,12H2,1-6H3;(H,5,6,7)/q+1;/p-1/t14-,16-,18+,22+,23+;/m1./s1. The zero-order valence-corrected chi connectivity index (χ0v) is 21.8. The third kappa shape index (κ3) is 5.10. The van der Waals surface area contributed by atoms with E-state index < -0.39 is 15.6 Å². The molecule has 7 nitrogen and oxygen atoms in total. The maximum Gasteiger partial charge on any atom is 0.485 e. The second-order valence-corrected chi connectivity index (χ2v) is 12.2. The maximum absolute atomic E-state index is 13.1. The minimum atomic E-state index is -6.09. The Morgan fingerprint density at radius 3 is 2.20 bits per heavy atom. The summed E-state index contributed by atoms with van der Waals surface area (Å²) in [6, 6.07) is 4.28. The first-order valence-electron chi connectivity index (χ1n) is 11.6. The second kappa shape index (κ2) is 9.32. The number of hydrogen-bond donors (Lipinski definition) is 0. The predicted octanol–water partition coefficient (Wildman–Crippen LogP) is 4.45. The lowest BCUT2D eigenvalue weighted by molar-refractivity contribution is -0.0517. The molecule has 0 bridgehead atoms. The van der Waals surface area contributed by atoms with Crippen LogP contribution in [0.15, 0.2) is 12.1 Å². The number of carbonyl (C=O) groups excluding carboxylic acids is 1. The zero-order valence-electron chi connectivity index (χ0n) is 20.9. The fourth-order valence-corrected chi connectivity index (χ4v) is 6.44. The van der Waals surface area contributed by atoms with Gasteiger partial charge in [0.25, 0.3) is 0 Å². The Kier molecular flexibility index (Phi) is 7.42. The van der Waals surface area contributed by atoms with Gasteiger partial charge in [-0.05, 0) is 60.5 Å². The van der Waals surface area contributed by atoms with Gasteiger partial charge in [0.1, 0.15) is 0 Å². The van der Waals surface area contributed by atoms with Crippen molar-refractivity contribution in [3.05, 3.63) is 23.3 Å². The van der Waals surface area contributed by atoms with Gasteiger partial charge in [0.15, 0.2) is 27.3 Å². The molecule has 2 fully saturated rings. The van der Waals surface area contributed by atoms with Gasteiger partial charge in [-0.2, -0.15) is 13.2 Å². The van der Waals surface area contributed by atoms with E-state index in [1.165, 1.54) is 18.4 Å². The van der Waals surface area contributed by atoms with Crippen LogP contribution < -0.4 is 9.22 Å². The lowest BCUT2D eigenvalue weighted by atomic mass is 9.55. The van der Waals surface area contributed by atoms with Crippen molar-refractivity contribution >= 4 is 21.6 Å². The Morgan fingerprint density at radius 1 is 1.11 bits per heavy atom. The van der Waals surface area contributed by atoms with E-state index in [4.69, 9.17) is 22.4 Å². The first kappa shape index (κ1) is 27.9. The van der Waals surface area contributed by atoms with E-state index in [0.29, 0.717) is 40.5 Å². The highest BCUT2D eigenvalue weighted by molar-refractivity contribution is 7.86. The van der Waals surface area contributed by atoms with E-state index in [-0.39, 0.29) is 5.41 Å². The summed E-state index contributed by atoms with van der Waals surface area (Å²) in [6.07, 6.45) is 5.70. The molecule has 0 heterocycles. The van der Waals surface area contributed by atoms with Crippen molar-refractivity contribution < 1.29 is 40.4 Å². The van der Waals surface area contributed by atoms with Crippen molar-refractivity contribution in [1.29, 1.82) is 0 Å². The van der Waals surface area contributed by atoms with Gasteiger partial charge in [0.05, 0.1) is 34.4 Å². The first-order chi connectivity index (χ1) is 16.0. The predicted molar refractivity (Wildman–Crippen MR) is 124 cm³/mol. The fourth-order valence-electron chi connectivity index (χ4n) is 6.44. The van der Waals surface area contributed by atoms with Gasteiger partial charge >= 0.3 is 5.51 Å². The Labute approximate surface area is 204 Å². The molecule has 0 amide bonds. The van der Waals surface area contributed by atoms with E-state index in [2.05, 4.69) is 34.1 Å². The molecule has 4 rings (SSSR count). The monoisotopic (exact) mass is 521 g/mol. The van der Waals surface area contributed by atoms with Gasteiger partial charge in [-0.25, -0.2) is 8.42 Å². The number of quaternary nitrogens is 1. The summed E-state index contributed by atoms with van der Waals surface area (Å²) >= 11 is 0. The van der Waals surface area contributed by atoms with Crippen LogP contribution in [-0.4, -0.2) is 65.7 Å². The molecule has 198 valence electrons. The molecule has 0 spiro atoms. The van der Waals surface area contributed by atoms with Crippen LogP contribution in [0.4, 0.5) is 18.9 Å². The van der Waals surface area contributed by atoms with E-state index in [0.717, 1.165) is 29.8 Å². The van der Waals surface area contributed by atoms with Gasteiger partial charge < -0.3 is 14.0 Å². The molecule has 3 aliphatic carbocycles. The Hall–Kier alpha value is -1.69. The summed E-state index contributed by atoms with van der Waals surface area (Å²) in [7, 11) is 3.93. The molecular weight excluding hydrogens is 487 g/mol. The number of alkyl halides is 3. The summed E-state index contributed by atoms with van der Waals surface area (Å²) in [5, 5.41) is 0. The van der Waals surface area contributed by atoms with Gasteiger partial charge in [-0.3, -0.25) is 9.28 Å². The van der Waals surface area contributed by atoms with Crippen LogP contribution in [0.3, 0.4) is 0 Å². The van der Waals surface area contributed by atoms with Gasteiger partial charge in [0, 0.05) is 25.2 Å². The van der Waals surface area contributed by atoms with Crippen LogP contribution in [0.1, 0.15) is 60.9 Å². The lowest BCUT2D eigenvalue weighted by Gasteiger charge is -2.50. The molecular formula is C24H34F3NO6S. The molecule has 1 aromatic rings. The molecule has 0 aromatic heterocycles. The summed E-state index contributed by atoms with van der Waals surface area (Å²) in [6.45, 7) is 2.40. The molecule has 0 radical (unpaired) electrons. The molecule has 5 atom stereocenters. The number of halogens is 3. The number of methoxy groups -OCH3 is 2. The van der Waals surface area contributed by atoms with Crippen LogP contribution in [-0.2, 0) is 14.9 Å². The summed E-state index contributed by atoms with van der Waals surface area (Å²) in [5.41, 5.74) is -2.10. The van der Waals surface area contributed by atoms with Crippen LogP contribution in [0.5, 0.6) is 5.75 Å². The molecule has 3 aliphatic rings. The number of carbonyl (C=O) groups is 1. The minimum Gasteiger partial charge on any atom is -0.741 e. The average Bonchev–Trinajstić information content (AvgIpc) is 3.08. The molecule has 0 aliphatic heterocycles. The molecule has 35 heavy (non-hydrogen) atoms. The van der Waals surface area contributed by atoms with Crippen LogP contribution in [0, 0.1) is 17.3 Å². The smallest absolute Gasteiger partial charge is 0.485 e. The number of ketones is 1. The topological polar surface area (TPSA) is 92.7 Å². The van der Waals surface area contributed by atoms with Gasteiger partial charge in [0.2, 0.25) is 0 Å². The number of hydrogen-bond acceptors (Lipinski definition) is 6. The average molecular weight is 522 g/mol. The third-order valence-electron chi connectivity index (χ3n) is 8.11. The van der Waals surface area contributed by atoms with E-state index in [9.17, 15) is 18.0 Å². The van der Waals surface area contributed by atoms with Crippen molar-refractivity contribution in [3.63, 3.8) is 0 Å². The van der Waals surface area contributed by atoms with Crippen LogP contribution >= 0.6 is 0 Å². The summed E-state index contributed by atoms with van der Waals surface area (Å²) < 4.78 is 71.1. The number of fused-ring (bicyclic) bond motifs is 5. The van der Waals surface area contributed by atoms with Crippen molar-refractivity contribution in [2.45, 2.75) is 56.6 Å². The number of benzene rings is 1. The lowest BCUT2D eigenvalue weighted by Crippen LogP contribution is -2.45. The number of ether oxygens (including phenoxy) is 2. The first-order valence-corrected chi connectivity index (χ1v) is 13.0. The van der Waals surface area contributed by atoms with Crippen LogP contribution in [0.25, 0.3) is 0 Å². The molecule has 0 saturated heterocycles. The number of rotatable bonds is 3. The Balaban J connectivity index is 0.000000371. The normalized spacial score (nSPS) is 30.5. The summed E-state index contributed by atoms with van der Waals surface area (Å²) in [5.74, 6) is 2.66. The quantitative estimate of drug-likeness (QED) is 0.331. The van der Waals surface area contributed by atoms with Crippen molar-refractivity contribution in [2.24, 2.45) is 17.3 Å². The minimum absolute atomic E-state index is 0.225. The van der Waals surface area contributed by atoms with E-state index in [1.54, 1.807) is 7.11 Å². The zero-order chi connectivity index (χ0) is 26.6. The SMILES string of the molecule is COc1cc2c(cc1[N+](C)(C)C)[C@H]1CC[C@]3(C)[C@@H](OC)CC[C@H]3[C@@H]1CC2=O.O=S(=O)([O-])C(F)(F)F. The molecule has 2 saturated carbocycles. The highest BCUT2D eigenvalue weighted by Gasteiger charge is 2.56. The van der Waals surface area contributed by atoms with E-state index in [1.807, 2.05) is 13.2 Å². The fraction of sp³-hybridized carbons (Fsp3) is 0.708. The largest absolute Gasteiger partial charge is 0.741 e. The molecule has 0 N–H and O–H groups in total. The molecule has 11 heteroatoms.